The molecule has 0 saturated carbocycles. The van der Waals surface area contributed by atoms with E-state index in [1.807, 2.05) is 5.43 Å². The van der Waals surface area contributed by atoms with E-state index >= 15 is 0 Å². The van der Waals surface area contributed by atoms with Gasteiger partial charge in [0.2, 0.25) is 0 Å². The predicted molar refractivity (Wildman–Crippen MR) is 70.4 cm³/mol. The Labute approximate surface area is 114 Å². The van der Waals surface area contributed by atoms with Crippen molar-refractivity contribution in [1.82, 2.24) is 5.43 Å². The number of hydrazone groups is 1. The first-order chi connectivity index (χ1) is 7.97. The highest BCUT2D eigenvalue weighted by Gasteiger charge is 2.14. The predicted octanol–water partition coefficient (Wildman–Crippen LogP) is 1.93. The van der Waals surface area contributed by atoms with Gasteiger partial charge in [0.1, 0.15) is 0 Å². The van der Waals surface area contributed by atoms with Crippen LogP contribution in [0.1, 0.15) is 5.56 Å². The maximum absolute atomic E-state index is 10.4. The Morgan fingerprint density at radius 1 is 1.65 bits per heavy atom. The second-order valence-corrected chi connectivity index (χ2v) is 4.52. The third kappa shape index (κ3) is 3.34. The van der Waals surface area contributed by atoms with Crippen molar-refractivity contribution in [2.75, 3.05) is 7.11 Å². The molecule has 2 amide bonds. The van der Waals surface area contributed by atoms with E-state index < -0.39 is 6.03 Å². The summed E-state index contributed by atoms with van der Waals surface area (Å²) in [6.07, 6.45) is 1.25. The van der Waals surface area contributed by atoms with E-state index in [9.17, 15) is 9.90 Å². The number of primary amides is 1. The number of phenols is 1. The van der Waals surface area contributed by atoms with Crippen LogP contribution in [-0.4, -0.2) is 24.5 Å². The first-order valence-corrected chi connectivity index (χ1v) is 5.89. The molecule has 1 aromatic carbocycles. The number of carbonyl (C=O) groups excluding carboxylic acids is 1. The SMILES string of the molecule is COc1cc(Br)c(Br)c(C=NNC(N)=O)c1O. The number of hydrogen-bond acceptors (Lipinski definition) is 4. The van der Waals surface area contributed by atoms with E-state index in [-0.39, 0.29) is 11.5 Å². The number of phenolic OH excluding ortho intramolecular Hbond substituents is 1. The third-order valence-corrected chi connectivity index (χ3v) is 3.79. The van der Waals surface area contributed by atoms with Crippen molar-refractivity contribution >= 4 is 44.1 Å². The molecule has 92 valence electrons. The van der Waals surface area contributed by atoms with Gasteiger partial charge in [0.15, 0.2) is 11.5 Å². The second-order valence-electron chi connectivity index (χ2n) is 2.87. The van der Waals surface area contributed by atoms with Crippen molar-refractivity contribution in [2.45, 2.75) is 0 Å². The summed E-state index contributed by atoms with van der Waals surface area (Å²) >= 11 is 6.54. The van der Waals surface area contributed by atoms with E-state index in [0.29, 0.717) is 14.5 Å². The molecule has 4 N–H and O–H groups in total. The monoisotopic (exact) mass is 365 g/mol. The smallest absolute Gasteiger partial charge is 0.332 e. The molecule has 0 aliphatic heterocycles. The Morgan fingerprint density at radius 3 is 2.82 bits per heavy atom. The molecule has 0 spiro atoms. The average Bonchev–Trinajstić information content (AvgIpc) is 2.27. The van der Waals surface area contributed by atoms with Gasteiger partial charge in [-0.25, -0.2) is 10.2 Å². The van der Waals surface area contributed by atoms with Crippen LogP contribution in [0, 0.1) is 0 Å². The summed E-state index contributed by atoms with van der Waals surface area (Å²) in [6.45, 7) is 0. The number of nitrogens with one attached hydrogen (secondary N) is 1. The maximum atomic E-state index is 10.4. The second kappa shape index (κ2) is 5.87. The molecule has 17 heavy (non-hydrogen) atoms. The number of nitrogens with zero attached hydrogens (tertiary/aromatic N) is 1. The van der Waals surface area contributed by atoms with Crippen molar-refractivity contribution in [3.8, 4) is 11.5 Å². The number of rotatable bonds is 3. The van der Waals surface area contributed by atoms with Crippen molar-refractivity contribution in [3.63, 3.8) is 0 Å². The number of nitrogens with two attached hydrogens (primary N) is 1. The number of urea groups is 1. The Kier molecular flexibility index (Phi) is 4.76. The Bertz CT molecular complexity index is 477. The quantitative estimate of drug-likeness (QED) is 0.563. The zero-order valence-electron chi connectivity index (χ0n) is 8.70. The first-order valence-electron chi connectivity index (χ1n) is 4.30. The fraction of sp³-hybridized carbons (Fsp3) is 0.111. The number of halogens is 2. The van der Waals surface area contributed by atoms with Gasteiger partial charge in [0.05, 0.1) is 18.9 Å². The van der Waals surface area contributed by atoms with Crippen LogP contribution in [0.4, 0.5) is 4.79 Å². The highest BCUT2D eigenvalue weighted by molar-refractivity contribution is 9.13. The lowest BCUT2D eigenvalue weighted by atomic mass is 10.2. The van der Waals surface area contributed by atoms with Gasteiger partial charge in [-0.15, -0.1) is 0 Å². The molecule has 0 bridgehead atoms. The molecule has 0 radical (unpaired) electrons. The van der Waals surface area contributed by atoms with E-state index in [4.69, 9.17) is 10.5 Å². The Hall–Kier alpha value is -1.28. The van der Waals surface area contributed by atoms with Crippen LogP contribution < -0.4 is 15.9 Å². The lowest BCUT2D eigenvalue weighted by molar-refractivity contribution is 0.249. The molecule has 1 rings (SSSR count). The van der Waals surface area contributed by atoms with Crippen molar-refractivity contribution in [1.29, 1.82) is 0 Å². The lowest BCUT2D eigenvalue weighted by Crippen LogP contribution is -2.24. The molecule has 0 aliphatic carbocycles. The summed E-state index contributed by atoms with van der Waals surface area (Å²) in [5.41, 5.74) is 7.22. The lowest BCUT2D eigenvalue weighted by Gasteiger charge is -2.09. The number of carbonyl (C=O) groups is 1. The fourth-order valence-corrected chi connectivity index (χ4v) is 1.87. The van der Waals surface area contributed by atoms with E-state index in [1.54, 1.807) is 6.07 Å². The van der Waals surface area contributed by atoms with Gasteiger partial charge in [-0.3, -0.25) is 0 Å². The fourth-order valence-electron chi connectivity index (χ4n) is 1.05. The normalized spacial score (nSPS) is 10.5. The molecule has 0 atom stereocenters. The van der Waals surface area contributed by atoms with Crippen molar-refractivity contribution in [2.24, 2.45) is 10.8 Å². The number of benzene rings is 1. The largest absolute Gasteiger partial charge is 0.504 e. The summed E-state index contributed by atoms with van der Waals surface area (Å²) in [6, 6.07) is 0.803. The molecular weight excluding hydrogens is 358 g/mol. The van der Waals surface area contributed by atoms with Crippen LogP contribution in [0.25, 0.3) is 0 Å². The summed E-state index contributed by atoms with van der Waals surface area (Å²) in [5.74, 6) is 0.179. The van der Waals surface area contributed by atoms with Gasteiger partial charge >= 0.3 is 6.03 Å². The van der Waals surface area contributed by atoms with E-state index in [1.165, 1.54) is 13.3 Å². The van der Waals surface area contributed by atoms with Crippen molar-refractivity contribution in [3.05, 3.63) is 20.6 Å². The summed E-state index contributed by atoms with van der Waals surface area (Å²) in [7, 11) is 1.43. The van der Waals surface area contributed by atoms with Crippen LogP contribution in [0.3, 0.4) is 0 Å². The number of hydrogen-bond donors (Lipinski definition) is 3. The summed E-state index contributed by atoms with van der Waals surface area (Å²) in [5, 5.41) is 13.4. The molecule has 0 fully saturated rings. The Morgan fingerprint density at radius 2 is 2.29 bits per heavy atom. The van der Waals surface area contributed by atoms with Gasteiger partial charge in [-0.05, 0) is 37.9 Å². The average molecular weight is 367 g/mol. The molecule has 0 unspecified atom stereocenters. The number of ether oxygens (including phenoxy) is 1. The number of amides is 2. The first kappa shape index (κ1) is 13.8. The number of methoxy groups -OCH3 is 1. The summed E-state index contributed by atoms with van der Waals surface area (Å²) < 4.78 is 6.22. The van der Waals surface area contributed by atoms with Gasteiger partial charge in [0.25, 0.3) is 0 Å². The molecule has 1 aromatic rings. The van der Waals surface area contributed by atoms with Crippen LogP contribution in [0.5, 0.6) is 11.5 Å². The van der Waals surface area contributed by atoms with Crippen LogP contribution >= 0.6 is 31.9 Å². The zero-order chi connectivity index (χ0) is 13.0. The molecule has 0 aliphatic rings. The Balaban J connectivity index is 3.17. The number of aromatic hydroxyl groups is 1. The molecule has 0 heterocycles. The van der Waals surface area contributed by atoms with Gasteiger partial charge in [0, 0.05) is 8.95 Å². The minimum Gasteiger partial charge on any atom is -0.504 e. The topological polar surface area (TPSA) is 96.9 Å². The minimum atomic E-state index is -0.793. The van der Waals surface area contributed by atoms with E-state index in [2.05, 4.69) is 37.0 Å². The maximum Gasteiger partial charge on any atom is 0.332 e. The van der Waals surface area contributed by atoms with Crippen LogP contribution in [0.2, 0.25) is 0 Å². The van der Waals surface area contributed by atoms with Crippen molar-refractivity contribution < 1.29 is 14.6 Å². The standard InChI is InChI=1S/C9H9Br2N3O3/c1-17-6-2-5(10)7(11)4(8(6)15)3-13-14-9(12)16/h2-3,15H,1H3,(H3,12,14,16). The molecule has 6 nitrogen and oxygen atoms in total. The summed E-state index contributed by atoms with van der Waals surface area (Å²) in [4.78, 5) is 10.4. The van der Waals surface area contributed by atoms with Crippen LogP contribution in [-0.2, 0) is 0 Å². The third-order valence-electron chi connectivity index (χ3n) is 1.78. The molecule has 0 aromatic heterocycles. The highest BCUT2D eigenvalue weighted by Crippen LogP contribution is 2.39. The van der Waals surface area contributed by atoms with Gasteiger partial charge < -0.3 is 15.6 Å². The minimum absolute atomic E-state index is 0.0994. The molecule has 0 saturated heterocycles. The van der Waals surface area contributed by atoms with Crippen LogP contribution in [0.15, 0.2) is 20.1 Å². The zero-order valence-corrected chi connectivity index (χ0v) is 11.9. The van der Waals surface area contributed by atoms with Gasteiger partial charge in [-0.2, -0.15) is 5.10 Å². The van der Waals surface area contributed by atoms with Gasteiger partial charge in [-0.1, -0.05) is 0 Å². The highest BCUT2D eigenvalue weighted by atomic mass is 79.9. The molecular formula is C9H9Br2N3O3. The van der Waals surface area contributed by atoms with E-state index in [0.717, 1.165) is 0 Å². The molecule has 8 heteroatoms.